The molecule has 0 aromatic heterocycles. The molecule has 0 radical (unpaired) electrons. The van der Waals surface area contributed by atoms with Gasteiger partial charge in [-0.25, -0.2) is 0 Å². The standard InChI is InChI=1S/C18H21ClN2O7/c1-10-5-15(22)12(13(10)8-21(25)26)7-18(24)28-9-17(23)20-11-3-4-16(27-2)14(19)6-11/h3-4,6,10,12-13H,5,7-9H2,1-2H3,(H,20,23)/t10-,12+,13-/m1/s1. The van der Waals surface area contributed by atoms with E-state index in [1.807, 2.05) is 0 Å². The van der Waals surface area contributed by atoms with Crippen LogP contribution in [0.2, 0.25) is 5.02 Å². The van der Waals surface area contributed by atoms with Crippen molar-refractivity contribution in [2.75, 3.05) is 25.6 Å². The number of nitro groups is 1. The van der Waals surface area contributed by atoms with Crippen LogP contribution in [0.1, 0.15) is 19.8 Å². The first kappa shape index (κ1) is 21.6. The van der Waals surface area contributed by atoms with Crippen LogP contribution in [0.25, 0.3) is 0 Å². The number of methoxy groups -OCH3 is 1. The Hall–Kier alpha value is -2.68. The average molecular weight is 413 g/mol. The second kappa shape index (κ2) is 9.50. The molecule has 1 aromatic carbocycles. The lowest BCUT2D eigenvalue weighted by molar-refractivity contribution is -0.490. The monoisotopic (exact) mass is 412 g/mol. The van der Waals surface area contributed by atoms with Crippen molar-refractivity contribution >= 4 is 34.9 Å². The molecule has 1 aliphatic rings. The summed E-state index contributed by atoms with van der Waals surface area (Å²) in [5.41, 5.74) is 0.401. The van der Waals surface area contributed by atoms with E-state index in [1.165, 1.54) is 13.2 Å². The van der Waals surface area contributed by atoms with Crippen LogP contribution in [0.15, 0.2) is 18.2 Å². The fraction of sp³-hybridized carbons (Fsp3) is 0.500. The number of ether oxygens (including phenoxy) is 2. The van der Waals surface area contributed by atoms with Crippen LogP contribution in [0.3, 0.4) is 0 Å². The zero-order valence-corrected chi connectivity index (χ0v) is 16.2. The molecule has 1 fully saturated rings. The van der Waals surface area contributed by atoms with Crippen molar-refractivity contribution in [2.24, 2.45) is 17.8 Å². The van der Waals surface area contributed by atoms with Gasteiger partial charge in [0.05, 0.1) is 18.6 Å². The van der Waals surface area contributed by atoms with Gasteiger partial charge in [0.1, 0.15) is 11.5 Å². The van der Waals surface area contributed by atoms with Crippen LogP contribution in [-0.4, -0.2) is 42.8 Å². The summed E-state index contributed by atoms with van der Waals surface area (Å²) in [4.78, 5) is 46.3. The van der Waals surface area contributed by atoms with Crippen molar-refractivity contribution in [1.82, 2.24) is 0 Å². The number of esters is 1. The third-order valence-electron chi connectivity index (χ3n) is 4.73. The molecule has 2 rings (SSSR count). The predicted molar refractivity (Wildman–Crippen MR) is 99.8 cm³/mol. The summed E-state index contributed by atoms with van der Waals surface area (Å²) in [5, 5.41) is 13.6. The van der Waals surface area contributed by atoms with E-state index in [2.05, 4.69) is 5.32 Å². The second-order valence-electron chi connectivity index (χ2n) is 6.70. The molecule has 152 valence electrons. The van der Waals surface area contributed by atoms with Gasteiger partial charge >= 0.3 is 5.97 Å². The van der Waals surface area contributed by atoms with Crippen molar-refractivity contribution in [3.05, 3.63) is 33.3 Å². The van der Waals surface area contributed by atoms with Crippen molar-refractivity contribution in [3.63, 3.8) is 0 Å². The summed E-state index contributed by atoms with van der Waals surface area (Å²) in [6, 6.07) is 4.64. The summed E-state index contributed by atoms with van der Waals surface area (Å²) in [5.74, 6) is -2.49. The normalized spacial score (nSPS) is 21.2. The van der Waals surface area contributed by atoms with Gasteiger partial charge in [-0.15, -0.1) is 0 Å². The fourth-order valence-electron chi connectivity index (χ4n) is 3.33. The van der Waals surface area contributed by atoms with Gasteiger partial charge in [-0.1, -0.05) is 18.5 Å². The molecular formula is C18H21ClN2O7. The van der Waals surface area contributed by atoms with Crippen molar-refractivity contribution in [3.8, 4) is 5.75 Å². The zero-order valence-electron chi connectivity index (χ0n) is 15.5. The van der Waals surface area contributed by atoms with Crippen LogP contribution >= 0.6 is 11.6 Å². The van der Waals surface area contributed by atoms with E-state index in [9.17, 15) is 24.5 Å². The van der Waals surface area contributed by atoms with E-state index in [0.717, 1.165) is 0 Å². The molecule has 28 heavy (non-hydrogen) atoms. The lowest BCUT2D eigenvalue weighted by atomic mass is 9.88. The third-order valence-corrected chi connectivity index (χ3v) is 5.03. The second-order valence-corrected chi connectivity index (χ2v) is 7.10. The van der Waals surface area contributed by atoms with Crippen molar-refractivity contribution in [2.45, 2.75) is 19.8 Å². The molecule has 0 aliphatic heterocycles. The Kier molecular flexibility index (Phi) is 7.33. The lowest BCUT2D eigenvalue weighted by Crippen LogP contribution is -2.28. The number of carbonyl (C=O) groups is 3. The Labute approximate surface area is 166 Å². The number of nitrogens with one attached hydrogen (secondary N) is 1. The number of benzene rings is 1. The molecular weight excluding hydrogens is 392 g/mol. The molecule has 0 spiro atoms. The van der Waals surface area contributed by atoms with Gasteiger partial charge in [0.25, 0.3) is 5.91 Å². The Bertz CT molecular complexity index is 783. The Balaban J connectivity index is 1.85. The van der Waals surface area contributed by atoms with Gasteiger partial charge in [-0.05, 0) is 24.1 Å². The highest BCUT2D eigenvalue weighted by Gasteiger charge is 2.44. The van der Waals surface area contributed by atoms with Crippen LogP contribution in [0.4, 0.5) is 5.69 Å². The quantitative estimate of drug-likeness (QED) is 0.394. The first-order chi connectivity index (χ1) is 13.2. The van der Waals surface area contributed by atoms with Crippen LogP contribution in [0.5, 0.6) is 5.75 Å². The smallest absolute Gasteiger partial charge is 0.307 e. The van der Waals surface area contributed by atoms with E-state index in [0.29, 0.717) is 16.5 Å². The van der Waals surface area contributed by atoms with Crippen LogP contribution in [0, 0.1) is 27.9 Å². The molecule has 0 unspecified atom stereocenters. The van der Waals surface area contributed by atoms with Crippen LogP contribution in [-0.2, 0) is 19.1 Å². The number of ketones is 1. The molecule has 1 amide bonds. The Morgan fingerprint density at radius 1 is 1.39 bits per heavy atom. The number of hydrogen-bond donors (Lipinski definition) is 1. The molecule has 9 nitrogen and oxygen atoms in total. The molecule has 10 heteroatoms. The topological polar surface area (TPSA) is 125 Å². The first-order valence-corrected chi connectivity index (χ1v) is 9.02. The number of halogens is 1. The highest BCUT2D eigenvalue weighted by Crippen LogP contribution is 2.36. The third kappa shape index (κ3) is 5.66. The number of rotatable bonds is 8. The minimum atomic E-state index is -0.753. The van der Waals surface area contributed by atoms with Gasteiger partial charge in [0.15, 0.2) is 6.61 Å². The fourth-order valence-corrected chi connectivity index (χ4v) is 3.58. The summed E-state index contributed by atoms with van der Waals surface area (Å²) in [6.45, 7) is 0.841. The number of amides is 1. The molecule has 1 saturated carbocycles. The SMILES string of the molecule is COc1ccc(NC(=O)COC(=O)C[C@@H]2C(=O)C[C@@H](C)[C@H]2C[N+](=O)[O-])cc1Cl. The first-order valence-electron chi connectivity index (χ1n) is 8.64. The van der Waals surface area contributed by atoms with Crippen molar-refractivity contribution < 1.29 is 28.8 Å². The molecule has 1 N–H and O–H groups in total. The maximum atomic E-state index is 12.0. The summed E-state index contributed by atoms with van der Waals surface area (Å²) in [7, 11) is 1.46. The van der Waals surface area contributed by atoms with Gasteiger partial charge in [0, 0.05) is 28.9 Å². The molecule has 0 saturated heterocycles. The Morgan fingerprint density at radius 3 is 2.71 bits per heavy atom. The van der Waals surface area contributed by atoms with E-state index in [-0.39, 0.29) is 31.1 Å². The molecule has 1 aliphatic carbocycles. The maximum Gasteiger partial charge on any atom is 0.307 e. The number of hydrogen-bond acceptors (Lipinski definition) is 7. The minimum absolute atomic E-state index is 0.168. The molecule has 0 bridgehead atoms. The minimum Gasteiger partial charge on any atom is -0.495 e. The zero-order chi connectivity index (χ0) is 20.8. The lowest BCUT2D eigenvalue weighted by Gasteiger charge is -2.17. The van der Waals surface area contributed by atoms with Gasteiger partial charge in [0.2, 0.25) is 6.54 Å². The molecule has 0 heterocycles. The van der Waals surface area contributed by atoms with E-state index in [4.69, 9.17) is 21.1 Å². The summed E-state index contributed by atoms with van der Waals surface area (Å²) >= 11 is 5.97. The highest BCUT2D eigenvalue weighted by molar-refractivity contribution is 6.32. The highest BCUT2D eigenvalue weighted by atomic mass is 35.5. The number of carbonyl (C=O) groups excluding carboxylic acids is 3. The largest absolute Gasteiger partial charge is 0.495 e. The van der Waals surface area contributed by atoms with Gasteiger partial charge < -0.3 is 14.8 Å². The van der Waals surface area contributed by atoms with Crippen LogP contribution < -0.4 is 10.1 Å². The predicted octanol–water partition coefficient (Wildman–Crippen LogP) is 2.34. The van der Waals surface area contributed by atoms with Gasteiger partial charge in [-0.2, -0.15) is 0 Å². The van der Waals surface area contributed by atoms with E-state index < -0.39 is 35.2 Å². The molecule has 1 aromatic rings. The Morgan fingerprint density at radius 2 is 2.11 bits per heavy atom. The number of nitrogens with zero attached hydrogens (tertiary/aromatic N) is 1. The average Bonchev–Trinajstić information content (AvgIpc) is 2.86. The van der Waals surface area contributed by atoms with E-state index >= 15 is 0 Å². The number of Topliss-reactive ketones (excluding diaryl/α,β-unsaturated/α-hetero) is 1. The number of anilines is 1. The van der Waals surface area contributed by atoms with Gasteiger partial charge in [-0.3, -0.25) is 24.5 Å². The van der Waals surface area contributed by atoms with E-state index in [1.54, 1.807) is 19.1 Å². The van der Waals surface area contributed by atoms with Crippen molar-refractivity contribution in [1.29, 1.82) is 0 Å². The summed E-state index contributed by atoms with van der Waals surface area (Å²) in [6.07, 6.45) is -0.0709. The summed E-state index contributed by atoms with van der Waals surface area (Å²) < 4.78 is 9.93. The maximum absolute atomic E-state index is 12.0. The molecule has 3 atom stereocenters.